The third kappa shape index (κ3) is 8.12. The fourth-order valence-electron chi connectivity index (χ4n) is 1.18. The molecule has 1 atom stereocenters. The highest BCUT2D eigenvalue weighted by molar-refractivity contribution is 6.19. The second-order valence-corrected chi connectivity index (χ2v) is 3.71. The molecule has 0 aliphatic heterocycles. The fraction of sp³-hybridized carbons (Fsp3) is 0.818. The summed E-state index contributed by atoms with van der Waals surface area (Å²) in [6.07, 6.45) is 0.0910. The minimum atomic E-state index is -0.755. The van der Waals surface area contributed by atoms with Gasteiger partial charge in [-0.1, -0.05) is 0 Å². The van der Waals surface area contributed by atoms with Crippen LogP contribution in [0.1, 0.15) is 26.2 Å². The molecule has 0 bridgehead atoms. The molecule has 0 rings (SSSR count). The summed E-state index contributed by atoms with van der Waals surface area (Å²) in [5.74, 6) is -0.166. The molecule has 0 unspecified atom stereocenters. The number of carbonyl (C=O) groups excluding carboxylic acids is 2. The number of halogens is 1. The summed E-state index contributed by atoms with van der Waals surface area (Å²) in [6, 6.07) is 0. The monoisotopic (exact) mass is 266 g/mol. The molecular weight excluding hydrogens is 248 g/mol. The van der Waals surface area contributed by atoms with Gasteiger partial charge in [0.15, 0.2) is 6.10 Å². The first-order chi connectivity index (χ1) is 8.15. The molecule has 0 aromatic heterocycles. The fourth-order valence-corrected chi connectivity index (χ4v) is 1.39. The third-order valence-corrected chi connectivity index (χ3v) is 2.18. The minimum absolute atomic E-state index is 0.00677. The van der Waals surface area contributed by atoms with E-state index in [-0.39, 0.29) is 32.0 Å². The van der Waals surface area contributed by atoms with E-state index in [1.165, 1.54) is 7.11 Å². The van der Waals surface area contributed by atoms with E-state index in [2.05, 4.69) is 0 Å². The molecule has 0 aromatic carbocycles. The van der Waals surface area contributed by atoms with Gasteiger partial charge in [0.25, 0.3) is 0 Å². The molecule has 0 amide bonds. The van der Waals surface area contributed by atoms with Crippen LogP contribution < -0.4 is 0 Å². The van der Waals surface area contributed by atoms with E-state index >= 15 is 0 Å². The van der Waals surface area contributed by atoms with Gasteiger partial charge in [0.1, 0.15) is 12.6 Å². The lowest BCUT2D eigenvalue weighted by molar-refractivity contribution is -0.165. The zero-order valence-corrected chi connectivity index (χ0v) is 11.0. The van der Waals surface area contributed by atoms with Crippen LogP contribution in [0.2, 0.25) is 0 Å². The Balaban J connectivity index is 4.08. The van der Waals surface area contributed by atoms with Gasteiger partial charge in [-0.15, -0.1) is 11.6 Å². The lowest BCUT2D eigenvalue weighted by Crippen LogP contribution is -2.28. The lowest BCUT2D eigenvalue weighted by atomic mass is 10.1. The number of ketones is 1. The zero-order valence-electron chi connectivity index (χ0n) is 10.2. The van der Waals surface area contributed by atoms with Crippen LogP contribution in [0.25, 0.3) is 0 Å². The highest BCUT2D eigenvalue weighted by Gasteiger charge is 2.21. The van der Waals surface area contributed by atoms with Crippen molar-refractivity contribution in [1.82, 2.24) is 0 Å². The molecular formula is C11H19ClO5. The molecule has 5 nitrogen and oxygen atoms in total. The summed E-state index contributed by atoms with van der Waals surface area (Å²) in [5, 5.41) is 0. The first-order valence-electron chi connectivity index (χ1n) is 5.50. The van der Waals surface area contributed by atoms with Crippen molar-refractivity contribution in [3.63, 3.8) is 0 Å². The van der Waals surface area contributed by atoms with E-state index in [4.69, 9.17) is 25.8 Å². The quantitative estimate of drug-likeness (QED) is 0.341. The normalized spacial score (nSPS) is 12.2. The summed E-state index contributed by atoms with van der Waals surface area (Å²) in [6.45, 7) is 1.98. The van der Waals surface area contributed by atoms with Crippen LogP contribution in [0.3, 0.4) is 0 Å². The molecule has 0 aliphatic carbocycles. The average molecular weight is 267 g/mol. The molecule has 17 heavy (non-hydrogen) atoms. The number of rotatable bonds is 10. The second kappa shape index (κ2) is 10.5. The first kappa shape index (κ1) is 16.4. The number of esters is 1. The Bertz CT molecular complexity index is 232. The SMILES string of the molecule is CCOC(=O)[C@@H](CCC(=O)CCCl)OCOC. The Labute approximate surface area is 106 Å². The van der Waals surface area contributed by atoms with E-state index in [1.807, 2.05) is 0 Å². The van der Waals surface area contributed by atoms with Crippen molar-refractivity contribution in [2.45, 2.75) is 32.3 Å². The van der Waals surface area contributed by atoms with Crippen LogP contribution in [0.5, 0.6) is 0 Å². The average Bonchev–Trinajstić information content (AvgIpc) is 2.29. The molecule has 0 aliphatic rings. The van der Waals surface area contributed by atoms with E-state index in [0.29, 0.717) is 12.3 Å². The molecule has 0 heterocycles. The van der Waals surface area contributed by atoms with Gasteiger partial charge in [-0.05, 0) is 13.3 Å². The zero-order chi connectivity index (χ0) is 13.1. The largest absolute Gasteiger partial charge is 0.464 e. The van der Waals surface area contributed by atoms with Gasteiger partial charge in [-0.2, -0.15) is 0 Å². The standard InChI is InChI=1S/C11H19ClO5/c1-3-16-11(14)10(17-8-15-2)5-4-9(13)6-7-12/h10H,3-8H2,1-2H3/t10-/m1/s1. The van der Waals surface area contributed by atoms with Crippen molar-refractivity contribution in [3.8, 4) is 0 Å². The third-order valence-electron chi connectivity index (χ3n) is 2.00. The number of hydrogen-bond donors (Lipinski definition) is 0. The molecule has 6 heteroatoms. The Morgan fingerprint density at radius 3 is 2.53 bits per heavy atom. The molecule has 0 N–H and O–H groups in total. The van der Waals surface area contributed by atoms with E-state index in [1.54, 1.807) is 6.92 Å². The molecule has 0 spiro atoms. The maximum absolute atomic E-state index is 11.5. The summed E-state index contributed by atoms with van der Waals surface area (Å²) in [5.41, 5.74) is 0. The summed E-state index contributed by atoms with van der Waals surface area (Å²) in [7, 11) is 1.46. The number of alkyl halides is 1. The Kier molecular flexibility index (Phi) is 10.1. The molecule has 0 aromatic rings. The summed E-state index contributed by atoms with van der Waals surface area (Å²) < 4.78 is 14.7. The first-order valence-corrected chi connectivity index (χ1v) is 6.04. The van der Waals surface area contributed by atoms with Crippen LogP contribution >= 0.6 is 11.6 Å². The summed E-state index contributed by atoms with van der Waals surface area (Å²) >= 11 is 5.44. The maximum Gasteiger partial charge on any atom is 0.335 e. The molecule has 100 valence electrons. The molecule has 0 radical (unpaired) electrons. The number of carbonyl (C=O) groups is 2. The smallest absolute Gasteiger partial charge is 0.335 e. The predicted octanol–water partition coefficient (Wildman–Crippen LogP) is 1.52. The van der Waals surface area contributed by atoms with E-state index < -0.39 is 12.1 Å². The lowest BCUT2D eigenvalue weighted by Gasteiger charge is -2.15. The van der Waals surface area contributed by atoms with Crippen LogP contribution in [0.15, 0.2) is 0 Å². The Hall–Kier alpha value is -0.650. The van der Waals surface area contributed by atoms with Gasteiger partial charge in [-0.3, -0.25) is 4.79 Å². The number of ether oxygens (including phenoxy) is 3. The molecule has 0 saturated carbocycles. The van der Waals surface area contributed by atoms with Crippen LogP contribution in [-0.2, 0) is 23.8 Å². The van der Waals surface area contributed by atoms with Gasteiger partial charge in [0.05, 0.1) is 6.61 Å². The van der Waals surface area contributed by atoms with Crippen molar-refractivity contribution in [1.29, 1.82) is 0 Å². The van der Waals surface area contributed by atoms with Crippen LogP contribution in [-0.4, -0.2) is 44.2 Å². The highest BCUT2D eigenvalue weighted by Crippen LogP contribution is 2.07. The molecule has 0 fully saturated rings. The van der Waals surface area contributed by atoms with Crippen LogP contribution in [0.4, 0.5) is 0 Å². The van der Waals surface area contributed by atoms with Gasteiger partial charge in [0, 0.05) is 25.8 Å². The Morgan fingerprint density at radius 2 is 2.00 bits per heavy atom. The van der Waals surface area contributed by atoms with Crippen molar-refractivity contribution >= 4 is 23.4 Å². The van der Waals surface area contributed by atoms with Crippen molar-refractivity contribution in [2.75, 3.05) is 26.4 Å². The van der Waals surface area contributed by atoms with Gasteiger partial charge in [-0.25, -0.2) is 4.79 Å². The highest BCUT2D eigenvalue weighted by atomic mass is 35.5. The van der Waals surface area contributed by atoms with Crippen molar-refractivity contribution < 1.29 is 23.8 Å². The van der Waals surface area contributed by atoms with E-state index in [9.17, 15) is 9.59 Å². The maximum atomic E-state index is 11.5. The number of hydrogen-bond acceptors (Lipinski definition) is 5. The van der Waals surface area contributed by atoms with Crippen molar-refractivity contribution in [3.05, 3.63) is 0 Å². The van der Waals surface area contributed by atoms with Crippen molar-refractivity contribution in [2.24, 2.45) is 0 Å². The summed E-state index contributed by atoms with van der Waals surface area (Å²) in [4.78, 5) is 22.8. The van der Waals surface area contributed by atoms with Gasteiger partial charge < -0.3 is 14.2 Å². The Morgan fingerprint density at radius 1 is 1.29 bits per heavy atom. The number of methoxy groups -OCH3 is 1. The topological polar surface area (TPSA) is 61.8 Å². The van der Waals surface area contributed by atoms with Gasteiger partial charge >= 0.3 is 5.97 Å². The second-order valence-electron chi connectivity index (χ2n) is 3.33. The van der Waals surface area contributed by atoms with E-state index in [0.717, 1.165) is 0 Å². The predicted molar refractivity (Wildman–Crippen MR) is 63.0 cm³/mol. The number of Topliss-reactive ketones (excluding diaryl/α,β-unsaturated/α-hetero) is 1. The molecule has 0 saturated heterocycles. The van der Waals surface area contributed by atoms with Gasteiger partial charge in [0.2, 0.25) is 0 Å². The van der Waals surface area contributed by atoms with Crippen LogP contribution in [0, 0.1) is 0 Å². The minimum Gasteiger partial charge on any atom is -0.464 e.